The van der Waals surface area contributed by atoms with Gasteiger partial charge in [-0.2, -0.15) is 4.98 Å². The van der Waals surface area contributed by atoms with Crippen LogP contribution in [0.25, 0.3) is 16.9 Å². The number of pyridine rings is 1. The maximum absolute atomic E-state index is 13.2. The molecule has 1 aliphatic heterocycles. The Balaban J connectivity index is 1.62. The van der Waals surface area contributed by atoms with Crippen LogP contribution in [-0.2, 0) is 24.2 Å². The molecule has 2 N–H and O–H groups in total. The summed E-state index contributed by atoms with van der Waals surface area (Å²) in [6.07, 6.45) is 3.18. The molecule has 1 aliphatic rings. The van der Waals surface area contributed by atoms with Gasteiger partial charge in [0.2, 0.25) is 5.95 Å². The molecule has 0 radical (unpaired) electrons. The summed E-state index contributed by atoms with van der Waals surface area (Å²) < 4.78 is 3.17. The fourth-order valence-corrected chi connectivity index (χ4v) is 4.64. The highest BCUT2D eigenvalue weighted by Gasteiger charge is 2.34. The zero-order chi connectivity index (χ0) is 25.8. The second-order valence-electron chi connectivity index (χ2n) is 10.3. The molecule has 9 heteroatoms. The molecule has 5 rings (SSSR count). The maximum Gasteiger partial charge on any atom is 0.278 e. The van der Waals surface area contributed by atoms with E-state index in [1.807, 2.05) is 6.07 Å². The summed E-state index contributed by atoms with van der Waals surface area (Å²) in [5.74, 6) is 0.838. The summed E-state index contributed by atoms with van der Waals surface area (Å²) in [7, 11) is 2.12. The van der Waals surface area contributed by atoms with Crippen molar-refractivity contribution >= 4 is 22.7 Å². The third kappa shape index (κ3) is 3.90. The van der Waals surface area contributed by atoms with E-state index in [1.54, 1.807) is 42.8 Å². The number of nitrogens with zero attached hydrogens (tertiary/aromatic N) is 6. The van der Waals surface area contributed by atoms with E-state index in [-0.39, 0.29) is 17.6 Å². The molecule has 0 atom stereocenters. The lowest BCUT2D eigenvalue weighted by Gasteiger charge is -2.28. The van der Waals surface area contributed by atoms with E-state index < -0.39 is 5.60 Å². The average molecular weight is 486 g/mol. The number of benzene rings is 1. The Bertz CT molecular complexity index is 1540. The van der Waals surface area contributed by atoms with Crippen LogP contribution in [0.5, 0.6) is 0 Å². The number of hydrogen-bond acceptors (Lipinski definition) is 7. The van der Waals surface area contributed by atoms with Crippen LogP contribution in [0, 0.1) is 0 Å². The molecular weight excluding hydrogens is 454 g/mol. The van der Waals surface area contributed by atoms with E-state index in [2.05, 4.69) is 59.8 Å². The lowest BCUT2D eigenvalue weighted by molar-refractivity contribution is 0.0738. The smallest absolute Gasteiger partial charge is 0.278 e. The van der Waals surface area contributed by atoms with Gasteiger partial charge in [0.15, 0.2) is 11.5 Å². The Labute approximate surface area is 209 Å². The third-order valence-corrected chi connectivity index (χ3v) is 6.94. The first-order valence-electron chi connectivity index (χ1n) is 11.9. The summed E-state index contributed by atoms with van der Waals surface area (Å²) in [4.78, 5) is 29.3. The van der Waals surface area contributed by atoms with Gasteiger partial charge in [-0.05, 0) is 70.1 Å². The number of aliphatic hydroxyl groups is 1. The van der Waals surface area contributed by atoms with E-state index in [0.717, 1.165) is 12.2 Å². The minimum atomic E-state index is -1.14. The first kappa shape index (κ1) is 23.9. The minimum absolute atomic E-state index is 0.0720. The van der Waals surface area contributed by atoms with Crippen LogP contribution < -0.4 is 10.9 Å². The van der Waals surface area contributed by atoms with Crippen molar-refractivity contribution in [2.45, 2.75) is 51.9 Å². The number of fused-ring (bicyclic) bond motifs is 2. The molecule has 0 saturated carbocycles. The SMILES string of the molecule is C=CCn1c(=O)c2cnc(Nc3ccc4c(c3)C(C)(C)N(C)C4)nc2n1-c1cccc(C(C)(C)O)n1. The fraction of sp³-hybridized carbons (Fsp3) is 0.333. The molecule has 4 aromatic rings. The molecule has 0 spiro atoms. The molecule has 1 aromatic carbocycles. The van der Waals surface area contributed by atoms with Crippen molar-refractivity contribution < 1.29 is 5.11 Å². The highest BCUT2D eigenvalue weighted by molar-refractivity contribution is 5.77. The Morgan fingerprint density at radius 1 is 1.22 bits per heavy atom. The van der Waals surface area contributed by atoms with Crippen molar-refractivity contribution in [3.05, 3.63) is 82.4 Å². The molecule has 36 heavy (non-hydrogen) atoms. The molecule has 3 aromatic heterocycles. The molecule has 0 bridgehead atoms. The highest BCUT2D eigenvalue weighted by atomic mass is 16.3. The summed E-state index contributed by atoms with van der Waals surface area (Å²) in [5.41, 5.74) is 2.89. The molecule has 0 amide bonds. The van der Waals surface area contributed by atoms with Gasteiger partial charge in [-0.1, -0.05) is 18.2 Å². The normalized spacial score (nSPS) is 15.3. The van der Waals surface area contributed by atoms with Crippen molar-refractivity contribution in [3.8, 4) is 5.82 Å². The second kappa shape index (κ2) is 8.39. The van der Waals surface area contributed by atoms with Crippen molar-refractivity contribution in [2.24, 2.45) is 0 Å². The number of rotatable bonds is 6. The third-order valence-electron chi connectivity index (χ3n) is 6.94. The van der Waals surface area contributed by atoms with Crippen molar-refractivity contribution in [1.82, 2.24) is 29.2 Å². The standard InChI is InChI=1S/C27H31N7O2/c1-7-13-33-24(35)19-15-28-25(29-18-12-11-17-16-32(6)26(2,3)20(17)14-18)31-23(19)34(33)22-10-8-9-21(30-22)27(4,5)36/h7-12,14-15,36H,1,13,16H2,2-6H3,(H,28,29,31). The molecule has 0 fully saturated rings. The van der Waals surface area contributed by atoms with Gasteiger partial charge in [-0.15, -0.1) is 6.58 Å². The largest absolute Gasteiger partial charge is 0.384 e. The van der Waals surface area contributed by atoms with E-state index in [9.17, 15) is 9.90 Å². The van der Waals surface area contributed by atoms with E-state index >= 15 is 0 Å². The lowest BCUT2D eigenvalue weighted by Crippen LogP contribution is -2.31. The Morgan fingerprint density at radius 2 is 2.00 bits per heavy atom. The Kier molecular flexibility index (Phi) is 5.57. The lowest BCUT2D eigenvalue weighted by atomic mass is 9.93. The average Bonchev–Trinajstić information content (AvgIpc) is 3.23. The van der Waals surface area contributed by atoms with E-state index in [0.29, 0.717) is 28.5 Å². The van der Waals surface area contributed by atoms with E-state index in [4.69, 9.17) is 4.98 Å². The monoisotopic (exact) mass is 485 g/mol. The van der Waals surface area contributed by atoms with Crippen molar-refractivity contribution in [2.75, 3.05) is 12.4 Å². The minimum Gasteiger partial charge on any atom is -0.384 e. The molecule has 0 unspecified atom stereocenters. The second-order valence-corrected chi connectivity index (χ2v) is 10.3. The predicted octanol–water partition coefficient (Wildman–Crippen LogP) is 3.81. The summed E-state index contributed by atoms with van der Waals surface area (Å²) in [6.45, 7) is 12.7. The number of allylic oxidation sites excluding steroid dienone is 1. The molecule has 0 aliphatic carbocycles. The van der Waals surface area contributed by atoms with Crippen LogP contribution in [0.3, 0.4) is 0 Å². The van der Waals surface area contributed by atoms with Crippen LogP contribution in [0.2, 0.25) is 0 Å². The summed E-state index contributed by atoms with van der Waals surface area (Å²) in [5, 5.41) is 14.2. The van der Waals surface area contributed by atoms with Gasteiger partial charge in [0.05, 0.1) is 12.2 Å². The number of anilines is 2. The molecular formula is C27H31N7O2. The zero-order valence-electron chi connectivity index (χ0n) is 21.3. The van der Waals surface area contributed by atoms with Gasteiger partial charge in [0.25, 0.3) is 5.56 Å². The molecule has 4 heterocycles. The van der Waals surface area contributed by atoms with Gasteiger partial charge in [0, 0.05) is 24.0 Å². The zero-order valence-corrected chi connectivity index (χ0v) is 21.3. The maximum atomic E-state index is 13.2. The van der Waals surface area contributed by atoms with Gasteiger partial charge in [0.1, 0.15) is 11.0 Å². The molecule has 186 valence electrons. The predicted molar refractivity (Wildman–Crippen MR) is 141 cm³/mol. The van der Waals surface area contributed by atoms with Gasteiger partial charge in [-0.3, -0.25) is 9.69 Å². The molecule has 9 nitrogen and oxygen atoms in total. The topological polar surface area (TPSA) is 101 Å². The highest BCUT2D eigenvalue weighted by Crippen LogP contribution is 2.39. The van der Waals surface area contributed by atoms with Crippen LogP contribution in [0.15, 0.2) is 60.0 Å². The summed E-state index contributed by atoms with van der Waals surface area (Å²) in [6, 6.07) is 11.6. The van der Waals surface area contributed by atoms with Crippen molar-refractivity contribution in [1.29, 1.82) is 0 Å². The first-order valence-corrected chi connectivity index (χ1v) is 11.9. The number of aromatic nitrogens is 5. The van der Waals surface area contributed by atoms with Gasteiger partial charge >= 0.3 is 0 Å². The van der Waals surface area contributed by atoms with Gasteiger partial charge < -0.3 is 10.4 Å². The van der Waals surface area contributed by atoms with Crippen LogP contribution in [0.4, 0.5) is 11.6 Å². The summed E-state index contributed by atoms with van der Waals surface area (Å²) >= 11 is 0. The van der Waals surface area contributed by atoms with Crippen molar-refractivity contribution in [3.63, 3.8) is 0 Å². The number of hydrogen-bond donors (Lipinski definition) is 2. The van der Waals surface area contributed by atoms with Crippen LogP contribution in [-0.4, -0.2) is 41.4 Å². The number of nitrogens with one attached hydrogen (secondary N) is 1. The molecule has 0 saturated heterocycles. The van der Waals surface area contributed by atoms with Crippen LogP contribution in [0.1, 0.15) is 44.5 Å². The van der Waals surface area contributed by atoms with E-state index in [1.165, 1.54) is 22.0 Å². The first-order chi connectivity index (χ1) is 17.0. The quantitative estimate of drug-likeness (QED) is 0.401. The Hall–Kier alpha value is -3.82. The van der Waals surface area contributed by atoms with Gasteiger partial charge in [-0.25, -0.2) is 19.3 Å². The Morgan fingerprint density at radius 3 is 2.72 bits per heavy atom. The van der Waals surface area contributed by atoms with Crippen LogP contribution >= 0.6 is 0 Å². The fourth-order valence-electron chi connectivity index (χ4n) is 4.64.